The van der Waals surface area contributed by atoms with Crippen LogP contribution in [0.2, 0.25) is 5.02 Å². The maximum atomic E-state index is 12.5. The molecule has 0 unspecified atom stereocenters. The van der Waals surface area contributed by atoms with Crippen LogP contribution in [0.5, 0.6) is 0 Å². The van der Waals surface area contributed by atoms with Crippen LogP contribution in [0.25, 0.3) is 0 Å². The van der Waals surface area contributed by atoms with Crippen molar-refractivity contribution in [2.45, 2.75) is 12.6 Å². The van der Waals surface area contributed by atoms with E-state index in [0.717, 1.165) is 0 Å². The van der Waals surface area contributed by atoms with E-state index in [-0.39, 0.29) is 6.07 Å². The van der Waals surface area contributed by atoms with Gasteiger partial charge in [-0.15, -0.1) is 0 Å². The van der Waals surface area contributed by atoms with E-state index in [0.29, 0.717) is 6.07 Å². The Kier molecular flexibility index (Phi) is 3.56. The number of nitro groups is 1. The molecule has 0 amide bonds. The highest BCUT2D eigenvalue weighted by Crippen LogP contribution is 2.42. The lowest BCUT2D eigenvalue weighted by Crippen LogP contribution is -2.11. The van der Waals surface area contributed by atoms with Crippen molar-refractivity contribution in [2.75, 3.05) is 0 Å². The van der Waals surface area contributed by atoms with E-state index >= 15 is 0 Å². The van der Waals surface area contributed by atoms with E-state index in [4.69, 9.17) is 11.6 Å². The van der Waals surface area contributed by atoms with Gasteiger partial charge >= 0.3 is 6.18 Å². The van der Waals surface area contributed by atoms with Crippen molar-refractivity contribution >= 4 is 17.3 Å². The van der Waals surface area contributed by atoms with E-state index in [1.165, 1.54) is 0 Å². The van der Waals surface area contributed by atoms with Crippen molar-refractivity contribution < 1.29 is 26.9 Å². The Balaban J connectivity index is 3.64. The highest BCUT2D eigenvalue weighted by molar-refractivity contribution is 6.30. The van der Waals surface area contributed by atoms with Gasteiger partial charge in [0, 0.05) is 11.1 Å². The quantitative estimate of drug-likeness (QED) is 0.461. The summed E-state index contributed by atoms with van der Waals surface area (Å²) in [5.74, 6) is 0. The van der Waals surface area contributed by atoms with Gasteiger partial charge in [0.05, 0.1) is 10.5 Å². The van der Waals surface area contributed by atoms with Crippen LogP contribution in [0.15, 0.2) is 12.1 Å². The molecule has 0 aromatic heterocycles. The first-order valence-electron chi connectivity index (χ1n) is 3.97. The van der Waals surface area contributed by atoms with Gasteiger partial charge in [-0.2, -0.15) is 13.2 Å². The minimum absolute atomic E-state index is 0.232. The van der Waals surface area contributed by atoms with Crippen molar-refractivity contribution in [1.29, 1.82) is 0 Å². The molecule has 0 spiro atoms. The fourth-order valence-electron chi connectivity index (χ4n) is 1.22. The lowest BCUT2D eigenvalue weighted by atomic mass is 10.1. The van der Waals surface area contributed by atoms with Gasteiger partial charge in [-0.1, -0.05) is 11.6 Å². The first-order valence-corrected chi connectivity index (χ1v) is 4.35. The number of nitrogens with zero attached hydrogens (tertiary/aromatic N) is 1. The van der Waals surface area contributed by atoms with Crippen LogP contribution < -0.4 is 0 Å². The maximum Gasteiger partial charge on any atom is 0.417 e. The summed E-state index contributed by atoms with van der Waals surface area (Å²) in [6.45, 7) is 0. The summed E-state index contributed by atoms with van der Waals surface area (Å²) in [5, 5.41) is 9.77. The minimum atomic E-state index is -5.14. The zero-order valence-electron chi connectivity index (χ0n) is 7.76. The summed E-state index contributed by atoms with van der Waals surface area (Å²) >= 11 is 5.23. The van der Waals surface area contributed by atoms with Crippen molar-refractivity contribution in [3.8, 4) is 0 Å². The van der Waals surface area contributed by atoms with E-state index in [2.05, 4.69) is 0 Å². The summed E-state index contributed by atoms with van der Waals surface area (Å²) < 4.78 is 62.2. The van der Waals surface area contributed by atoms with Crippen LogP contribution >= 0.6 is 11.6 Å². The molecule has 0 saturated heterocycles. The number of benzene rings is 1. The molecule has 9 heteroatoms. The van der Waals surface area contributed by atoms with E-state index in [1.807, 2.05) is 0 Å². The van der Waals surface area contributed by atoms with Gasteiger partial charge in [-0.25, -0.2) is 8.78 Å². The first-order chi connectivity index (χ1) is 7.64. The topological polar surface area (TPSA) is 43.1 Å². The van der Waals surface area contributed by atoms with Gasteiger partial charge in [-0.05, 0) is 6.07 Å². The molecule has 0 aliphatic rings. The monoisotopic (exact) mass is 275 g/mol. The van der Waals surface area contributed by atoms with Crippen LogP contribution in [0.3, 0.4) is 0 Å². The molecule has 1 aromatic rings. The summed E-state index contributed by atoms with van der Waals surface area (Å²) in [6.07, 6.45) is -8.76. The largest absolute Gasteiger partial charge is 0.417 e. The SMILES string of the molecule is O=[N+]([O-])c1cc(Cl)cc(C(F)(F)F)c1C(F)F. The van der Waals surface area contributed by atoms with Crippen LogP contribution in [-0.2, 0) is 6.18 Å². The van der Waals surface area contributed by atoms with E-state index in [9.17, 15) is 32.1 Å². The predicted octanol–water partition coefficient (Wildman–Crippen LogP) is 4.20. The summed E-state index contributed by atoms with van der Waals surface area (Å²) in [5.41, 5.74) is -4.82. The molecule has 17 heavy (non-hydrogen) atoms. The first kappa shape index (κ1) is 13.6. The second kappa shape index (κ2) is 4.44. The summed E-state index contributed by atoms with van der Waals surface area (Å²) in [7, 11) is 0. The molecule has 0 aliphatic carbocycles. The standard InChI is InChI=1S/C8H3ClF5NO2/c9-3-1-4(8(12,13)14)6(7(10)11)5(2-3)15(16)17/h1-2,7H. The third-order valence-corrected chi connectivity index (χ3v) is 2.06. The van der Waals surface area contributed by atoms with E-state index < -0.39 is 39.4 Å². The Morgan fingerprint density at radius 2 is 1.82 bits per heavy atom. The van der Waals surface area contributed by atoms with Crippen LogP contribution in [-0.4, -0.2) is 4.92 Å². The molecule has 0 atom stereocenters. The summed E-state index contributed by atoms with van der Waals surface area (Å²) in [4.78, 5) is 9.07. The van der Waals surface area contributed by atoms with Crippen LogP contribution in [0.4, 0.5) is 27.6 Å². The van der Waals surface area contributed by atoms with Gasteiger partial charge in [0.15, 0.2) is 0 Å². The van der Waals surface area contributed by atoms with Crippen LogP contribution in [0, 0.1) is 10.1 Å². The zero-order chi connectivity index (χ0) is 13.4. The molecular weight excluding hydrogens is 273 g/mol. The highest BCUT2D eigenvalue weighted by atomic mass is 35.5. The Labute approximate surface area is 95.9 Å². The Morgan fingerprint density at radius 3 is 2.18 bits per heavy atom. The molecule has 0 aliphatic heterocycles. The average molecular weight is 276 g/mol. The number of nitro benzene ring substituents is 1. The second-order valence-corrected chi connectivity index (χ2v) is 3.38. The Hall–Kier alpha value is -1.44. The number of hydrogen-bond donors (Lipinski definition) is 0. The smallest absolute Gasteiger partial charge is 0.258 e. The van der Waals surface area contributed by atoms with Crippen molar-refractivity contribution in [2.24, 2.45) is 0 Å². The minimum Gasteiger partial charge on any atom is -0.258 e. The molecule has 0 N–H and O–H groups in total. The lowest BCUT2D eigenvalue weighted by molar-refractivity contribution is -0.386. The molecule has 0 fully saturated rings. The number of halogens is 6. The molecule has 0 bridgehead atoms. The van der Waals surface area contributed by atoms with Crippen molar-refractivity contribution in [3.63, 3.8) is 0 Å². The zero-order valence-corrected chi connectivity index (χ0v) is 8.52. The number of rotatable bonds is 2. The van der Waals surface area contributed by atoms with Gasteiger partial charge in [0.2, 0.25) is 0 Å². The Morgan fingerprint density at radius 1 is 1.29 bits per heavy atom. The molecule has 0 radical (unpaired) electrons. The molecule has 3 nitrogen and oxygen atoms in total. The van der Waals surface area contributed by atoms with Crippen LogP contribution in [0.1, 0.15) is 17.6 Å². The normalized spacial score (nSPS) is 11.9. The number of alkyl halides is 5. The fraction of sp³-hybridized carbons (Fsp3) is 0.250. The van der Waals surface area contributed by atoms with Gasteiger partial charge in [0.1, 0.15) is 5.56 Å². The van der Waals surface area contributed by atoms with Gasteiger partial charge in [-0.3, -0.25) is 10.1 Å². The maximum absolute atomic E-state index is 12.5. The van der Waals surface area contributed by atoms with Gasteiger partial charge in [0.25, 0.3) is 12.1 Å². The third-order valence-electron chi connectivity index (χ3n) is 1.84. The fourth-order valence-corrected chi connectivity index (χ4v) is 1.43. The van der Waals surface area contributed by atoms with Crippen molar-refractivity contribution in [3.05, 3.63) is 38.4 Å². The molecule has 0 saturated carbocycles. The van der Waals surface area contributed by atoms with E-state index in [1.54, 1.807) is 0 Å². The summed E-state index contributed by atoms with van der Waals surface area (Å²) in [6, 6.07) is 0.689. The predicted molar refractivity (Wildman–Crippen MR) is 48.1 cm³/mol. The molecule has 1 aromatic carbocycles. The average Bonchev–Trinajstić information content (AvgIpc) is 2.14. The Bertz CT molecular complexity index is 460. The molecule has 1 rings (SSSR count). The molecule has 0 heterocycles. The van der Waals surface area contributed by atoms with Crippen molar-refractivity contribution in [1.82, 2.24) is 0 Å². The third kappa shape index (κ3) is 2.82. The molecule has 94 valence electrons. The molecular formula is C8H3ClF5NO2. The highest BCUT2D eigenvalue weighted by Gasteiger charge is 2.40. The number of hydrogen-bond acceptors (Lipinski definition) is 2. The van der Waals surface area contributed by atoms with Gasteiger partial charge < -0.3 is 0 Å². The lowest BCUT2D eigenvalue weighted by Gasteiger charge is -2.12. The second-order valence-electron chi connectivity index (χ2n) is 2.94.